The van der Waals surface area contributed by atoms with Crippen LogP contribution in [0.5, 0.6) is 5.75 Å². The van der Waals surface area contributed by atoms with Crippen molar-refractivity contribution in [3.8, 4) is 5.75 Å². The van der Waals surface area contributed by atoms with Gasteiger partial charge in [0.15, 0.2) is 0 Å². The van der Waals surface area contributed by atoms with E-state index < -0.39 is 11.4 Å². The molecule has 0 spiro atoms. The summed E-state index contributed by atoms with van der Waals surface area (Å²) < 4.78 is 5.30. The Morgan fingerprint density at radius 3 is 2.39 bits per heavy atom. The summed E-state index contributed by atoms with van der Waals surface area (Å²) in [6.07, 6.45) is 2.45. The fourth-order valence-electron chi connectivity index (χ4n) is 2.51. The molecule has 0 atom stereocenters. The van der Waals surface area contributed by atoms with Crippen molar-refractivity contribution >= 4 is 5.97 Å². The van der Waals surface area contributed by atoms with Crippen LogP contribution in [0.2, 0.25) is 0 Å². The van der Waals surface area contributed by atoms with Crippen LogP contribution in [0.15, 0.2) is 18.2 Å². The van der Waals surface area contributed by atoms with E-state index in [2.05, 4.69) is 13.8 Å². The number of ether oxygens (including phenoxy) is 1. The standard InChI is InChI=1S/C15H20O3/c1-10(2)11-7-12(9-13(8-11)18-3)15(14(16)17)5-4-6-15/h7-10H,4-6H2,1-3H3,(H,16,17). The molecule has 0 aromatic heterocycles. The van der Waals surface area contributed by atoms with Gasteiger partial charge in [0.1, 0.15) is 5.75 Å². The number of methoxy groups -OCH3 is 1. The summed E-state index contributed by atoms with van der Waals surface area (Å²) >= 11 is 0. The number of rotatable bonds is 4. The first-order valence-electron chi connectivity index (χ1n) is 6.42. The third-order valence-corrected chi connectivity index (χ3v) is 4.00. The molecule has 0 bridgehead atoms. The van der Waals surface area contributed by atoms with Crippen LogP contribution in [0.3, 0.4) is 0 Å². The van der Waals surface area contributed by atoms with Gasteiger partial charge < -0.3 is 9.84 Å². The van der Waals surface area contributed by atoms with Crippen molar-refractivity contribution in [3.05, 3.63) is 29.3 Å². The van der Waals surface area contributed by atoms with Gasteiger partial charge in [-0.25, -0.2) is 0 Å². The van der Waals surface area contributed by atoms with Gasteiger partial charge in [0, 0.05) is 0 Å². The fourth-order valence-corrected chi connectivity index (χ4v) is 2.51. The van der Waals surface area contributed by atoms with Crippen molar-refractivity contribution in [2.45, 2.75) is 44.4 Å². The SMILES string of the molecule is COc1cc(C(C)C)cc(C2(C(=O)O)CCC2)c1. The van der Waals surface area contributed by atoms with Crippen molar-refractivity contribution in [2.24, 2.45) is 0 Å². The predicted molar refractivity (Wildman–Crippen MR) is 70.2 cm³/mol. The van der Waals surface area contributed by atoms with Crippen LogP contribution >= 0.6 is 0 Å². The van der Waals surface area contributed by atoms with E-state index in [9.17, 15) is 9.90 Å². The van der Waals surface area contributed by atoms with Crippen molar-refractivity contribution in [3.63, 3.8) is 0 Å². The normalized spacial score (nSPS) is 17.3. The quantitative estimate of drug-likeness (QED) is 0.889. The Morgan fingerprint density at radius 1 is 1.33 bits per heavy atom. The van der Waals surface area contributed by atoms with Gasteiger partial charge in [0.25, 0.3) is 0 Å². The van der Waals surface area contributed by atoms with Gasteiger partial charge in [-0.15, -0.1) is 0 Å². The smallest absolute Gasteiger partial charge is 0.314 e. The maximum Gasteiger partial charge on any atom is 0.314 e. The largest absolute Gasteiger partial charge is 0.497 e. The number of hydrogen-bond acceptors (Lipinski definition) is 2. The third kappa shape index (κ3) is 1.98. The Morgan fingerprint density at radius 2 is 2.00 bits per heavy atom. The van der Waals surface area contributed by atoms with Crippen molar-refractivity contribution < 1.29 is 14.6 Å². The molecule has 18 heavy (non-hydrogen) atoms. The molecular formula is C15H20O3. The monoisotopic (exact) mass is 248 g/mol. The Balaban J connectivity index is 2.49. The first kappa shape index (κ1) is 12.9. The van der Waals surface area contributed by atoms with Crippen LogP contribution in [0.25, 0.3) is 0 Å². The average molecular weight is 248 g/mol. The molecule has 1 aliphatic rings. The zero-order valence-electron chi connectivity index (χ0n) is 11.2. The molecule has 1 aromatic carbocycles. The highest BCUT2D eigenvalue weighted by molar-refractivity contribution is 5.82. The van der Waals surface area contributed by atoms with Crippen LogP contribution in [0, 0.1) is 0 Å². The van der Waals surface area contributed by atoms with E-state index in [1.165, 1.54) is 0 Å². The zero-order chi connectivity index (χ0) is 13.3. The van der Waals surface area contributed by atoms with Crippen LogP contribution in [0.1, 0.15) is 50.2 Å². The van der Waals surface area contributed by atoms with E-state index >= 15 is 0 Å². The topological polar surface area (TPSA) is 46.5 Å². The molecule has 1 saturated carbocycles. The first-order valence-corrected chi connectivity index (χ1v) is 6.42. The summed E-state index contributed by atoms with van der Waals surface area (Å²) in [6.45, 7) is 4.21. The van der Waals surface area contributed by atoms with E-state index in [0.717, 1.165) is 36.1 Å². The Hall–Kier alpha value is -1.51. The maximum absolute atomic E-state index is 11.5. The number of hydrogen-bond donors (Lipinski definition) is 1. The van der Waals surface area contributed by atoms with E-state index in [4.69, 9.17) is 4.74 Å². The summed E-state index contributed by atoms with van der Waals surface area (Å²) in [7, 11) is 1.62. The lowest BCUT2D eigenvalue weighted by molar-refractivity contribution is -0.147. The minimum absolute atomic E-state index is 0.366. The summed E-state index contributed by atoms with van der Waals surface area (Å²) in [5.74, 6) is 0.408. The molecule has 1 fully saturated rings. The van der Waals surface area contributed by atoms with Gasteiger partial charge in [0.2, 0.25) is 0 Å². The van der Waals surface area contributed by atoms with Crippen molar-refractivity contribution in [2.75, 3.05) is 7.11 Å². The molecule has 1 aliphatic carbocycles. The van der Waals surface area contributed by atoms with Crippen molar-refractivity contribution in [1.82, 2.24) is 0 Å². The summed E-state index contributed by atoms with van der Waals surface area (Å²) in [5.41, 5.74) is 1.35. The van der Waals surface area contributed by atoms with E-state index in [1.54, 1.807) is 7.11 Å². The number of carbonyl (C=O) groups is 1. The highest BCUT2D eigenvalue weighted by Gasteiger charge is 2.46. The van der Waals surface area contributed by atoms with Gasteiger partial charge in [-0.2, -0.15) is 0 Å². The van der Waals surface area contributed by atoms with Crippen LogP contribution in [-0.4, -0.2) is 18.2 Å². The molecule has 0 aliphatic heterocycles. The first-order chi connectivity index (χ1) is 8.49. The predicted octanol–water partition coefficient (Wildman–Crippen LogP) is 3.32. The molecule has 98 valence electrons. The molecule has 1 aromatic rings. The molecule has 0 amide bonds. The minimum atomic E-state index is -0.711. The minimum Gasteiger partial charge on any atom is -0.497 e. The third-order valence-electron chi connectivity index (χ3n) is 4.00. The van der Waals surface area contributed by atoms with E-state index in [-0.39, 0.29) is 0 Å². The number of carboxylic acids is 1. The van der Waals surface area contributed by atoms with Gasteiger partial charge >= 0.3 is 5.97 Å². The number of aliphatic carboxylic acids is 1. The van der Waals surface area contributed by atoms with Gasteiger partial charge in [-0.05, 0) is 42.0 Å². The Bertz CT molecular complexity index is 459. The van der Waals surface area contributed by atoms with Crippen molar-refractivity contribution in [1.29, 1.82) is 0 Å². The van der Waals surface area contributed by atoms with Crippen LogP contribution in [-0.2, 0) is 10.2 Å². The van der Waals surface area contributed by atoms with E-state index in [1.807, 2.05) is 18.2 Å². The summed E-state index contributed by atoms with van der Waals surface area (Å²) in [6, 6.07) is 5.89. The van der Waals surface area contributed by atoms with Gasteiger partial charge in [-0.1, -0.05) is 26.3 Å². The maximum atomic E-state index is 11.5. The Labute approximate surface area is 108 Å². The molecule has 0 heterocycles. The second-order valence-corrected chi connectivity index (χ2v) is 5.39. The highest BCUT2D eigenvalue weighted by atomic mass is 16.5. The number of benzene rings is 1. The average Bonchev–Trinajstić information content (AvgIpc) is 2.26. The summed E-state index contributed by atoms with van der Waals surface area (Å²) in [4.78, 5) is 11.5. The highest BCUT2D eigenvalue weighted by Crippen LogP contribution is 2.45. The molecule has 0 unspecified atom stereocenters. The number of carboxylic acid groups (broad SMARTS) is 1. The van der Waals surface area contributed by atoms with Crippen LogP contribution < -0.4 is 4.74 Å². The molecule has 2 rings (SSSR count). The van der Waals surface area contributed by atoms with Crippen LogP contribution in [0.4, 0.5) is 0 Å². The molecule has 1 N–H and O–H groups in total. The van der Waals surface area contributed by atoms with Gasteiger partial charge in [-0.3, -0.25) is 4.79 Å². The lowest BCUT2D eigenvalue weighted by Crippen LogP contribution is -2.42. The second kappa shape index (κ2) is 4.63. The fraction of sp³-hybridized carbons (Fsp3) is 0.533. The molecule has 0 radical (unpaired) electrons. The molecule has 3 heteroatoms. The zero-order valence-corrected chi connectivity index (χ0v) is 11.2. The lowest BCUT2D eigenvalue weighted by atomic mass is 9.64. The Kier molecular flexibility index (Phi) is 3.33. The molecule has 3 nitrogen and oxygen atoms in total. The second-order valence-electron chi connectivity index (χ2n) is 5.39. The lowest BCUT2D eigenvalue weighted by Gasteiger charge is -2.38. The molecule has 0 saturated heterocycles. The van der Waals surface area contributed by atoms with E-state index in [0.29, 0.717) is 5.92 Å². The van der Waals surface area contributed by atoms with Gasteiger partial charge in [0.05, 0.1) is 12.5 Å². The molecular weight excluding hydrogens is 228 g/mol. The summed E-state index contributed by atoms with van der Waals surface area (Å²) in [5, 5.41) is 9.49.